The zero-order valence-electron chi connectivity index (χ0n) is 13.5. The van der Waals surface area contributed by atoms with Gasteiger partial charge < -0.3 is 20.3 Å². The maximum Gasteiger partial charge on any atom is 0.315 e. The highest BCUT2D eigenvalue weighted by Gasteiger charge is 2.20. The fourth-order valence-electron chi connectivity index (χ4n) is 2.05. The molecule has 0 atom stereocenters. The van der Waals surface area contributed by atoms with Crippen LogP contribution in [0.15, 0.2) is 42.0 Å². The number of nitro groups is 1. The lowest BCUT2D eigenvalue weighted by molar-refractivity contribution is -0.386. The van der Waals surface area contributed by atoms with Gasteiger partial charge in [0.2, 0.25) is 5.75 Å². The summed E-state index contributed by atoms with van der Waals surface area (Å²) in [6.45, 7) is 0. The van der Waals surface area contributed by atoms with Gasteiger partial charge in [0.05, 0.1) is 12.0 Å². The van der Waals surface area contributed by atoms with Crippen LogP contribution >= 0.6 is 0 Å². The molecule has 0 aliphatic carbocycles. The minimum Gasteiger partial charge on any atom is -0.508 e. The van der Waals surface area contributed by atoms with Gasteiger partial charge in [-0.25, -0.2) is 0 Å². The third-order valence-electron chi connectivity index (χ3n) is 3.30. The number of nitriles is 1. The average molecular weight is 355 g/mol. The van der Waals surface area contributed by atoms with Crippen molar-refractivity contribution >= 4 is 23.4 Å². The molecule has 0 saturated carbocycles. The zero-order chi connectivity index (χ0) is 19.3. The number of rotatable bonds is 5. The van der Waals surface area contributed by atoms with E-state index >= 15 is 0 Å². The van der Waals surface area contributed by atoms with Crippen molar-refractivity contribution in [3.63, 3.8) is 0 Å². The summed E-state index contributed by atoms with van der Waals surface area (Å²) in [7, 11) is 1.22. The number of methoxy groups -OCH3 is 1. The number of carbonyl (C=O) groups excluding carboxylic acids is 1. The molecule has 0 heterocycles. The summed E-state index contributed by atoms with van der Waals surface area (Å²) >= 11 is 0. The first-order valence-corrected chi connectivity index (χ1v) is 7.13. The summed E-state index contributed by atoms with van der Waals surface area (Å²) in [4.78, 5) is 22.4. The molecule has 2 aromatic carbocycles. The van der Waals surface area contributed by atoms with Crippen molar-refractivity contribution in [3.8, 4) is 23.3 Å². The van der Waals surface area contributed by atoms with E-state index in [0.717, 1.165) is 12.1 Å². The first-order chi connectivity index (χ1) is 12.3. The molecule has 0 aliphatic rings. The first kappa shape index (κ1) is 18.3. The molecule has 0 aliphatic heterocycles. The number of ether oxygens (including phenoxy) is 1. The molecular formula is C17H13N3O6. The number of phenols is 2. The monoisotopic (exact) mass is 355 g/mol. The van der Waals surface area contributed by atoms with Crippen LogP contribution in [0.4, 0.5) is 11.4 Å². The highest BCUT2D eigenvalue weighted by molar-refractivity contribution is 6.09. The molecule has 26 heavy (non-hydrogen) atoms. The van der Waals surface area contributed by atoms with E-state index in [1.807, 2.05) is 0 Å². The van der Waals surface area contributed by atoms with Crippen LogP contribution in [0.5, 0.6) is 17.2 Å². The molecule has 0 fully saturated rings. The predicted octanol–water partition coefficient (Wildman–Crippen LogP) is 2.56. The van der Waals surface area contributed by atoms with Gasteiger partial charge in [0.1, 0.15) is 17.4 Å². The molecule has 2 rings (SSSR count). The normalized spacial score (nSPS) is 10.7. The summed E-state index contributed by atoms with van der Waals surface area (Å²) in [5.41, 5.74) is -0.459. The van der Waals surface area contributed by atoms with E-state index in [9.17, 15) is 30.4 Å². The number of nitrogens with zero attached hydrogens (tertiary/aromatic N) is 2. The predicted molar refractivity (Wildman–Crippen MR) is 91.6 cm³/mol. The Bertz CT molecular complexity index is 929. The van der Waals surface area contributed by atoms with Crippen LogP contribution in [-0.2, 0) is 4.79 Å². The van der Waals surface area contributed by atoms with Gasteiger partial charge in [-0.3, -0.25) is 14.9 Å². The Kier molecular flexibility index (Phi) is 5.40. The topological polar surface area (TPSA) is 146 Å². The summed E-state index contributed by atoms with van der Waals surface area (Å²) in [5, 5.41) is 41.6. The lowest BCUT2D eigenvalue weighted by Crippen LogP contribution is -2.13. The minimum atomic E-state index is -0.808. The van der Waals surface area contributed by atoms with Gasteiger partial charge in [-0.05, 0) is 42.0 Å². The zero-order valence-corrected chi connectivity index (χ0v) is 13.5. The molecule has 2 aromatic rings. The van der Waals surface area contributed by atoms with Crippen LogP contribution in [0.3, 0.4) is 0 Å². The number of aromatic hydroxyl groups is 2. The molecule has 0 aromatic heterocycles. The fraction of sp³-hybridized carbons (Fsp3) is 0.0588. The van der Waals surface area contributed by atoms with E-state index in [4.69, 9.17) is 4.74 Å². The second-order valence-corrected chi connectivity index (χ2v) is 5.02. The van der Waals surface area contributed by atoms with Crippen LogP contribution < -0.4 is 10.1 Å². The fourth-order valence-corrected chi connectivity index (χ4v) is 2.05. The van der Waals surface area contributed by atoms with Crippen molar-refractivity contribution in [2.45, 2.75) is 0 Å². The van der Waals surface area contributed by atoms with E-state index in [1.165, 1.54) is 37.4 Å². The number of nitro benzene ring substituents is 1. The van der Waals surface area contributed by atoms with Crippen LogP contribution in [-0.4, -0.2) is 28.2 Å². The van der Waals surface area contributed by atoms with Crippen LogP contribution in [0, 0.1) is 21.4 Å². The van der Waals surface area contributed by atoms with E-state index in [-0.39, 0.29) is 22.6 Å². The van der Waals surface area contributed by atoms with Crippen LogP contribution in [0.2, 0.25) is 0 Å². The van der Waals surface area contributed by atoms with Crippen LogP contribution in [0.1, 0.15) is 5.56 Å². The number of phenolic OH excluding ortho intramolecular Hbond substituents is 2. The molecule has 0 radical (unpaired) electrons. The van der Waals surface area contributed by atoms with E-state index < -0.39 is 22.3 Å². The lowest BCUT2D eigenvalue weighted by atomic mass is 10.1. The van der Waals surface area contributed by atoms with Gasteiger partial charge in [-0.15, -0.1) is 0 Å². The van der Waals surface area contributed by atoms with Crippen molar-refractivity contribution in [3.05, 3.63) is 57.6 Å². The molecule has 9 heteroatoms. The Morgan fingerprint density at radius 1 is 1.31 bits per heavy atom. The highest BCUT2D eigenvalue weighted by atomic mass is 16.6. The van der Waals surface area contributed by atoms with Crippen molar-refractivity contribution in [1.82, 2.24) is 0 Å². The number of amides is 1. The van der Waals surface area contributed by atoms with Gasteiger partial charge in [-0.1, -0.05) is 0 Å². The standard InChI is InChI=1S/C17H13N3O6/c1-26-15-8-10(7-14(16(15)22)20(24)25)6-11(9-18)17(23)19-12-2-4-13(21)5-3-12/h2-8,21-22H,1H3,(H,19,23). The first-order valence-electron chi connectivity index (χ1n) is 7.13. The number of carbonyl (C=O) groups is 1. The molecule has 1 amide bonds. The Labute approximate surface area is 147 Å². The molecule has 0 bridgehead atoms. The lowest BCUT2D eigenvalue weighted by Gasteiger charge is -2.07. The van der Waals surface area contributed by atoms with E-state index in [2.05, 4.69) is 5.32 Å². The summed E-state index contributed by atoms with van der Waals surface area (Å²) in [6, 6.07) is 9.59. The number of nitrogens with one attached hydrogen (secondary N) is 1. The molecular weight excluding hydrogens is 342 g/mol. The summed E-state index contributed by atoms with van der Waals surface area (Å²) in [5.74, 6) is -1.54. The Morgan fingerprint density at radius 2 is 1.96 bits per heavy atom. The molecule has 0 saturated heterocycles. The van der Waals surface area contributed by atoms with Crippen molar-refractivity contribution in [2.24, 2.45) is 0 Å². The second kappa shape index (κ2) is 7.67. The quantitative estimate of drug-likeness (QED) is 0.245. The Hall–Kier alpha value is -4.06. The largest absolute Gasteiger partial charge is 0.508 e. The molecule has 132 valence electrons. The number of benzene rings is 2. The van der Waals surface area contributed by atoms with Crippen molar-refractivity contribution in [1.29, 1.82) is 5.26 Å². The molecule has 3 N–H and O–H groups in total. The SMILES string of the molecule is COc1cc(C=C(C#N)C(=O)Nc2ccc(O)cc2)cc([N+](=O)[O-])c1O. The Balaban J connectivity index is 2.37. The highest BCUT2D eigenvalue weighted by Crippen LogP contribution is 2.37. The van der Waals surface area contributed by atoms with Gasteiger partial charge in [0, 0.05) is 11.8 Å². The van der Waals surface area contributed by atoms with Gasteiger partial charge in [0.15, 0.2) is 5.75 Å². The maximum atomic E-state index is 12.2. The maximum absolute atomic E-state index is 12.2. The molecule has 0 unspecified atom stereocenters. The minimum absolute atomic E-state index is 0.0162. The summed E-state index contributed by atoms with van der Waals surface area (Å²) < 4.78 is 4.87. The van der Waals surface area contributed by atoms with E-state index in [0.29, 0.717) is 5.69 Å². The number of hydrogen-bond acceptors (Lipinski definition) is 7. The van der Waals surface area contributed by atoms with Crippen molar-refractivity contribution in [2.75, 3.05) is 12.4 Å². The van der Waals surface area contributed by atoms with Gasteiger partial charge in [0.25, 0.3) is 5.91 Å². The van der Waals surface area contributed by atoms with Crippen LogP contribution in [0.25, 0.3) is 6.08 Å². The number of hydrogen-bond donors (Lipinski definition) is 3. The second-order valence-electron chi connectivity index (χ2n) is 5.02. The third kappa shape index (κ3) is 4.07. The van der Waals surface area contributed by atoms with Gasteiger partial charge in [-0.2, -0.15) is 5.26 Å². The smallest absolute Gasteiger partial charge is 0.315 e. The Morgan fingerprint density at radius 3 is 2.50 bits per heavy atom. The van der Waals surface area contributed by atoms with Crippen molar-refractivity contribution < 1.29 is 24.7 Å². The third-order valence-corrected chi connectivity index (χ3v) is 3.30. The van der Waals surface area contributed by atoms with E-state index in [1.54, 1.807) is 6.07 Å². The molecule has 9 nitrogen and oxygen atoms in total. The van der Waals surface area contributed by atoms with Gasteiger partial charge >= 0.3 is 5.69 Å². The summed E-state index contributed by atoms with van der Waals surface area (Å²) in [6.07, 6.45) is 1.13. The average Bonchev–Trinajstić information content (AvgIpc) is 2.62. The number of anilines is 1. The molecule has 0 spiro atoms.